The summed E-state index contributed by atoms with van der Waals surface area (Å²) >= 11 is 6.45. The second-order valence-corrected chi connectivity index (χ2v) is 8.27. The lowest BCUT2D eigenvalue weighted by atomic mass is 10.2. The number of halogens is 3. The number of nitrogens with zero attached hydrogens (tertiary/aromatic N) is 1. The fourth-order valence-corrected chi connectivity index (χ4v) is 4.21. The van der Waals surface area contributed by atoms with E-state index in [2.05, 4.69) is 80.9 Å². The molecule has 0 N–H and O–H groups in total. The van der Waals surface area contributed by atoms with Gasteiger partial charge in [0.2, 0.25) is 0 Å². The molecule has 9 heteroatoms. The van der Waals surface area contributed by atoms with Crippen molar-refractivity contribution < 1.29 is 23.9 Å². The number of amides is 1. The van der Waals surface area contributed by atoms with Gasteiger partial charge in [0.15, 0.2) is 0 Å². The molecule has 0 spiro atoms. The van der Waals surface area contributed by atoms with Crippen LogP contribution in [0.5, 0.6) is 0 Å². The molecule has 1 amide bonds. The molecule has 0 heterocycles. The Kier molecular flexibility index (Phi) is 10.7. The molecule has 1 rings (SSSR count). The third-order valence-electron chi connectivity index (χ3n) is 3.05. The Morgan fingerprint density at radius 1 is 0.962 bits per heavy atom. The van der Waals surface area contributed by atoms with Crippen molar-refractivity contribution in [3.05, 3.63) is 53.7 Å². The number of hydrogen-bond acceptors (Lipinski definition) is 5. The van der Waals surface area contributed by atoms with Crippen molar-refractivity contribution in [2.45, 2.75) is 0 Å². The van der Waals surface area contributed by atoms with Gasteiger partial charge in [-0.3, -0.25) is 4.79 Å². The fraction of sp³-hybridized carbons (Fsp3) is 0.235. The van der Waals surface area contributed by atoms with Gasteiger partial charge >= 0.3 is 11.9 Å². The first kappa shape index (κ1) is 23.3. The quantitative estimate of drug-likeness (QED) is 0.172. The second-order valence-electron chi connectivity index (χ2n) is 4.78. The molecule has 0 unspecified atom stereocenters. The van der Waals surface area contributed by atoms with Gasteiger partial charge in [0.25, 0.3) is 5.91 Å². The molecule has 0 aromatic heterocycles. The summed E-state index contributed by atoms with van der Waals surface area (Å²) in [5.74, 6) is -1.35. The Bertz CT molecular complexity index is 695. The SMILES string of the molecule is C=CC(=O)OCCN(CCOC(=O)C=C)C(=O)c1cc(I)cc(I)c1I. The highest BCUT2D eigenvalue weighted by atomic mass is 127. The van der Waals surface area contributed by atoms with Crippen LogP contribution in [0.4, 0.5) is 0 Å². The number of esters is 2. The number of rotatable bonds is 9. The first-order chi connectivity index (χ1) is 12.3. The lowest BCUT2D eigenvalue weighted by molar-refractivity contribution is -0.138. The van der Waals surface area contributed by atoms with Crippen molar-refractivity contribution >= 4 is 85.6 Å². The van der Waals surface area contributed by atoms with Crippen LogP contribution in [0.2, 0.25) is 0 Å². The topological polar surface area (TPSA) is 72.9 Å². The van der Waals surface area contributed by atoms with E-state index < -0.39 is 11.9 Å². The van der Waals surface area contributed by atoms with Crippen LogP contribution in [0.3, 0.4) is 0 Å². The van der Waals surface area contributed by atoms with E-state index in [0.717, 1.165) is 22.9 Å². The Hall–Kier alpha value is -0.700. The minimum Gasteiger partial charge on any atom is -0.461 e. The van der Waals surface area contributed by atoms with Gasteiger partial charge in [-0.2, -0.15) is 0 Å². The van der Waals surface area contributed by atoms with Gasteiger partial charge in [0.1, 0.15) is 13.2 Å². The maximum Gasteiger partial charge on any atom is 0.330 e. The average molecular weight is 695 g/mol. The monoisotopic (exact) mass is 695 g/mol. The highest BCUT2D eigenvalue weighted by molar-refractivity contribution is 14.1. The predicted molar refractivity (Wildman–Crippen MR) is 123 cm³/mol. The Balaban J connectivity index is 2.92. The van der Waals surface area contributed by atoms with Gasteiger partial charge < -0.3 is 14.4 Å². The molecule has 0 saturated carbocycles. The third kappa shape index (κ3) is 7.50. The molecule has 0 radical (unpaired) electrons. The van der Waals surface area contributed by atoms with Crippen LogP contribution >= 0.6 is 67.8 Å². The van der Waals surface area contributed by atoms with Crippen LogP contribution in [0, 0.1) is 10.7 Å². The molecule has 1 aromatic rings. The largest absolute Gasteiger partial charge is 0.461 e. The van der Waals surface area contributed by atoms with E-state index in [1.807, 2.05) is 6.07 Å². The van der Waals surface area contributed by atoms with Crippen molar-refractivity contribution in [3.63, 3.8) is 0 Å². The standard InChI is InChI=1S/C17H16I3NO5/c1-3-14(22)25-7-5-21(6-8-26-15(23)4-2)17(24)12-9-11(18)10-13(19)16(12)20/h3-4,9-10H,1-2,5-8H2. The smallest absolute Gasteiger partial charge is 0.330 e. The van der Waals surface area contributed by atoms with Gasteiger partial charge in [0.05, 0.1) is 18.7 Å². The summed E-state index contributed by atoms with van der Waals surface area (Å²) in [6.45, 7) is 7.02. The summed E-state index contributed by atoms with van der Waals surface area (Å²) in [6, 6.07) is 3.77. The van der Waals surface area contributed by atoms with Crippen LogP contribution in [-0.4, -0.2) is 49.0 Å². The number of carbonyl (C=O) groups excluding carboxylic acids is 3. The summed E-state index contributed by atoms with van der Waals surface area (Å²) < 4.78 is 12.7. The van der Waals surface area contributed by atoms with Gasteiger partial charge in [-0.15, -0.1) is 0 Å². The third-order valence-corrected chi connectivity index (χ3v) is 6.72. The number of ether oxygens (including phenoxy) is 2. The summed E-state index contributed by atoms with van der Waals surface area (Å²) in [4.78, 5) is 36.8. The maximum absolute atomic E-state index is 13.0. The molecule has 0 atom stereocenters. The van der Waals surface area contributed by atoms with E-state index in [-0.39, 0.29) is 32.2 Å². The number of hydrogen-bond donors (Lipinski definition) is 0. The molecule has 0 saturated heterocycles. The molecule has 26 heavy (non-hydrogen) atoms. The Labute approximate surface area is 192 Å². The second kappa shape index (κ2) is 11.9. The molecule has 0 aliphatic heterocycles. The average Bonchev–Trinajstić information content (AvgIpc) is 2.62. The normalized spacial score (nSPS) is 9.96. The van der Waals surface area contributed by atoms with E-state index in [4.69, 9.17) is 9.47 Å². The van der Waals surface area contributed by atoms with E-state index in [1.165, 1.54) is 4.90 Å². The van der Waals surface area contributed by atoms with Crippen LogP contribution in [0.1, 0.15) is 10.4 Å². The van der Waals surface area contributed by atoms with E-state index >= 15 is 0 Å². The lowest BCUT2D eigenvalue weighted by Crippen LogP contribution is -2.37. The molecule has 0 aliphatic rings. The zero-order valence-corrected chi connectivity index (χ0v) is 20.1. The van der Waals surface area contributed by atoms with E-state index in [9.17, 15) is 14.4 Å². The van der Waals surface area contributed by atoms with Gasteiger partial charge in [0, 0.05) is 22.9 Å². The lowest BCUT2D eigenvalue weighted by Gasteiger charge is -2.23. The van der Waals surface area contributed by atoms with Crippen LogP contribution in [0.15, 0.2) is 37.4 Å². The summed E-state index contributed by atoms with van der Waals surface area (Å²) in [5.41, 5.74) is 0.548. The van der Waals surface area contributed by atoms with Crippen molar-refractivity contribution in [2.75, 3.05) is 26.3 Å². The van der Waals surface area contributed by atoms with E-state index in [1.54, 1.807) is 6.07 Å². The molecule has 0 fully saturated rings. The molecule has 140 valence electrons. The summed E-state index contributed by atoms with van der Waals surface area (Å²) in [5, 5.41) is 0. The van der Waals surface area contributed by atoms with Gasteiger partial charge in [-0.1, -0.05) is 13.2 Å². The molecule has 0 aliphatic carbocycles. The fourth-order valence-electron chi connectivity index (χ4n) is 1.83. The van der Waals surface area contributed by atoms with Crippen LogP contribution in [-0.2, 0) is 19.1 Å². The first-order valence-corrected chi connectivity index (χ1v) is 10.6. The zero-order valence-electron chi connectivity index (χ0n) is 13.7. The van der Waals surface area contributed by atoms with Crippen molar-refractivity contribution in [1.82, 2.24) is 4.90 Å². The van der Waals surface area contributed by atoms with Crippen molar-refractivity contribution in [2.24, 2.45) is 0 Å². The van der Waals surface area contributed by atoms with Crippen molar-refractivity contribution in [3.8, 4) is 0 Å². The van der Waals surface area contributed by atoms with E-state index in [0.29, 0.717) is 5.56 Å². The number of benzene rings is 1. The molecule has 6 nitrogen and oxygen atoms in total. The highest BCUT2D eigenvalue weighted by Gasteiger charge is 2.21. The van der Waals surface area contributed by atoms with Crippen LogP contribution < -0.4 is 0 Å². The molecular weight excluding hydrogens is 679 g/mol. The molecule has 1 aromatic carbocycles. The maximum atomic E-state index is 13.0. The summed E-state index contributed by atoms with van der Waals surface area (Å²) in [6.07, 6.45) is 2.12. The Morgan fingerprint density at radius 2 is 1.46 bits per heavy atom. The molecular formula is C17H16I3NO5. The minimum atomic E-state index is -0.561. The summed E-state index contributed by atoms with van der Waals surface area (Å²) in [7, 11) is 0. The minimum absolute atomic E-state index is 0.0175. The Morgan fingerprint density at radius 3 is 1.92 bits per heavy atom. The predicted octanol–water partition coefficient (Wildman–Crippen LogP) is 3.40. The van der Waals surface area contributed by atoms with Crippen LogP contribution in [0.25, 0.3) is 0 Å². The zero-order chi connectivity index (χ0) is 19.7. The van der Waals surface area contributed by atoms with Crippen molar-refractivity contribution in [1.29, 1.82) is 0 Å². The van der Waals surface area contributed by atoms with Gasteiger partial charge in [-0.25, -0.2) is 9.59 Å². The van der Waals surface area contributed by atoms with Gasteiger partial charge in [-0.05, 0) is 79.9 Å². The first-order valence-electron chi connectivity index (χ1n) is 7.32. The highest BCUT2D eigenvalue weighted by Crippen LogP contribution is 2.24. The molecule has 0 bridgehead atoms. The number of carbonyl (C=O) groups is 3.